The fourth-order valence-corrected chi connectivity index (χ4v) is 4.70. The minimum Gasteiger partial charge on any atom is -0.324 e. The average molecular weight is 356 g/mol. The van der Waals surface area contributed by atoms with Crippen LogP contribution in [0.4, 0.5) is 0 Å². The number of benzene rings is 3. The molecule has 0 aliphatic heterocycles. The van der Waals surface area contributed by atoms with Crippen LogP contribution in [0.2, 0.25) is 0 Å². The summed E-state index contributed by atoms with van der Waals surface area (Å²) in [4.78, 5) is 10.1. The van der Waals surface area contributed by atoms with Gasteiger partial charge in [-0.25, -0.2) is 0 Å². The van der Waals surface area contributed by atoms with Crippen molar-refractivity contribution in [3.63, 3.8) is 0 Å². The number of fused-ring (bicyclic) bond motifs is 2. The van der Waals surface area contributed by atoms with Crippen LogP contribution in [0.25, 0.3) is 21.5 Å². The van der Waals surface area contributed by atoms with E-state index in [2.05, 4.69) is 43.3 Å². The minimum atomic E-state index is -3.62. The van der Waals surface area contributed by atoms with Crippen molar-refractivity contribution in [2.45, 2.75) is 39.3 Å². The number of hydrogen-bond acceptors (Lipinski definition) is 2. The summed E-state index contributed by atoms with van der Waals surface area (Å²) >= 11 is 0. The van der Waals surface area contributed by atoms with Crippen molar-refractivity contribution in [2.75, 3.05) is 6.61 Å². The summed E-state index contributed by atoms with van der Waals surface area (Å²) in [5.74, 6) is 0. The van der Waals surface area contributed by atoms with Gasteiger partial charge in [0, 0.05) is 0 Å². The zero-order valence-electron chi connectivity index (χ0n) is 14.9. The molecular weight excluding hydrogens is 331 g/mol. The van der Waals surface area contributed by atoms with Crippen LogP contribution in [0.1, 0.15) is 37.8 Å². The first-order valence-corrected chi connectivity index (χ1v) is 10.7. The first kappa shape index (κ1) is 18.1. The van der Waals surface area contributed by atoms with E-state index in [1.54, 1.807) is 6.92 Å². The monoisotopic (exact) mass is 356 g/mol. The molecule has 0 saturated heterocycles. The fraction of sp³-hybridized carbons (Fsp3) is 0.333. The SMILES string of the molecule is CCCCc1c2ccccc2cc2cccc(CP(=O)(O)OCC)c12. The molecule has 3 aromatic carbocycles. The molecule has 3 rings (SSSR count). The molecule has 4 heteroatoms. The number of aryl methyl sites for hydroxylation is 1. The van der Waals surface area contributed by atoms with Crippen LogP contribution in [-0.4, -0.2) is 11.5 Å². The van der Waals surface area contributed by atoms with Crippen LogP contribution < -0.4 is 0 Å². The Balaban J connectivity index is 2.24. The molecule has 0 spiro atoms. The van der Waals surface area contributed by atoms with Gasteiger partial charge in [-0.2, -0.15) is 0 Å². The Morgan fingerprint density at radius 3 is 2.56 bits per heavy atom. The summed E-state index contributed by atoms with van der Waals surface area (Å²) in [7, 11) is -3.62. The predicted octanol–water partition coefficient (Wildman–Crippen LogP) is 6.06. The molecule has 0 fully saturated rings. The molecule has 3 nitrogen and oxygen atoms in total. The lowest BCUT2D eigenvalue weighted by molar-refractivity contribution is 0.273. The van der Waals surface area contributed by atoms with Gasteiger partial charge in [0.15, 0.2) is 0 Å². The van der Waals surface area contributed by atoms with E-state index < -0.39 is 7.60 Å². The molecule has 0 amide bonds. The van der Waals surface area contributed by atoms with Gasteiger partial charge in [0.2, 0.25) is 0 Å². The van der Waals surface area contributed by atoms with Gasteiger partial charge in [-0.3, -0.25) is 4.57 Å². The quantitative estimate of drug-likeness (QED) is 0.413. The number of hydrogen-bond donors (Lipinski definition) is 1. The van der Waals surface area contributed by atoms with E-state index in [0.717, 1.165) is 35.6 Å². The maximum absolute atomic E-state index is 12.3. The first-order valence-electron chi connectivity index (χ1n) is 8.94. The van der Waals surface area contributed by atoms with Crippen molar-refractivity contribution >= 4 is 29.1 Å². The Labute approximate surface area is 149 Å². The lowest BCUT2D eigenvalue weighted by Gasteiger charge is -2.17. The normalized spacial score (nSPS) is 14.0. The van der Waals surface area contributed by atoms with E-state index in [9.17, 15) is 9.46 Å². The Morgan fingerprint density at radius 1 is 1.04 bits per heavy atom. The van der Waals surface area contributed by atoms with Gasteiger partial charge >= 0.3 is 7.60 Å². The summed E-state index contributed by atoms with van der Waals surface area (Å²) in [6.45, 7) is 4.17. The molecule has 1 N–H and O–H groups in total. The van der Waals surface area contributed by atoms with Gasteiger partial charge in [0.05, 0.1) is 12.8 Å². The second-order valence-electron chi connectivity index (χ2n) is 6.41. The van der Waals surface area contributed by atoms with Crippen LogP contribution in [0.3, 0.4) is 0 Å². The predicted molar refractivity (Wildman–Crippen MR) is 105 cm³/mol. The standard InChI is InChI=1S/C21H25O3P/c1-3-5-12-20-19-13-7-6-9-16(19)14-17-10-8-11-18(21(17)20)15-25(22,23)24-4-2/h6-11,13-14H,3-5,12,15H2,1-2H3,(H,22,23). The minimum absolute atomic E-state index is 0.0512. The van der Waals surface area contributed by atoms with Crippen molar-refractivity contribution < 1.29 is 14.0 Å². The largest absolute Gasteiger partial charge is 0.332 e. The number of rotatable bonds is 7. The molecule has 1 atom stereocenters. The summed E-state index contributed by atoms with van der Waals surface area (Å²) in [6.07, 6.45) is 3.23. The molecule has 1 unspecified atom stereocenters. The van der Waals surface area contributed by atoms with Crippen molar-refractivity contribution in [1.29, 1.82) is 0 Å². The van der Waals surface area contributed by atoms with E-state index in [1.807, 2.05) is 12.1 Å². The van der Waals surface area contributed by atoms with Crippen LogP contribution in [0.5, 0.6) is 0 Å². The van der Waals surface area contributed by atoms with E-state index in [0.29, 0.717) is 0 Å². The molecule has 0 aliphatic rings. The summed E-state index contributed by atoms with van der Waals surface area (Å²) in [6, 6.07) is 16.6. The van der Waals surface area contributed by atoms with E-state index in [-0.39, 0.29) is 12.8 Å². The van der Waals surface area contributed by atoms with Crippen LogP contribution in [0.15, 0.2) is 48.5 Å². The number of unbranched alkanes of at least 4 members (excludes halogenated alkanes) is 1. The second-order valence-corrected chi connectivity index (χ2v) is 8.26. The Kier molecular flexibility index (Phi) is 5.58. The van der Waals surface area contributed by atoms with E-state index in [4.69, 9.17) is 4.52 Å². The van der Waals surface area contributed by atoms with Gasteiger partial charge in [-0.1, -0.05) is 55.8 Å². The molecule has 132 valence electrons. The lowest BCUT2D eigenvalue weighted by atomic mass is 9.91. The van der Waals surface area contributed by atoms with Crippen molar-refractivity contribution in [3.05, 3.63) is 59.7 Å². The second kappa shape index (κ2) is 7.70. The Hall–Kier alpha value is -1.67. The third kappa shape index (κ3) is 3.95. The first-order chi connectivity index (χ1) is 12.1. The van der Waals surface area contributed by atoms with E-state index in [1.165, 1.54) is 16.3 Å². The zero-order chi connectivity index (χ0) is 17.9. The fourth-order valence-electron chi connectivity index (χ4n) is 3.52. The highest BCUT2D eigenvalue weighted by Crippen LogP contribution is 2.47. The van der Waals surface area contributed by atoms with Crippen molar-refractivity contribution in [3.8, 4) is 0 Å². The van der Waals surface area contributed by atoms with Crippen molar-refractivity contribution in [1.82, 2.24) is 0 Å². The Bertz CT molecular complexity index is 933. The lowest BCUT2D eigenvalue weighted by Crippen LogP contribution is -1.98. The van der Waals surface area contributed by atoms with Gasteiger partial charge in [0.25, 0.3) is 0 Å². The molecular formula is C21H25O3P. The van der Waals surface area contributed by atoms with Gasteiger partial charge in [-0.05, 0) is 58.5 Å². The molecule has 0 aromatic heterocycles. The van der Waals surface area contributed by atoms with Crippen molar-refractivity contribution in [2.24, 2.45) is 0 Å². The molecule has 0 bridgehead atoms. The van der Waals surface area contributed by atoms with Crippen LogP contribution in [0, 0.1) is 0 Å². The highest BCUT2D eigenvalue weighted by atomic mass is 31.2. The van der Waals surface area contributed by atoms with Gasteiger partial charge < -0.3 is 9.42 Å². The molecule has 0 heterocycles. The molecule has 0 aliphatic carbocycles. The highest BCUT2D eigenvalue weighted by Gasteiger charge is 2.22. The maximum atomic E-state index is 12.3. The Morgan fingerprint density at radius 2 is 1.80 bits per heavy atom. The molecule has 0 saturated carbocycles. The molecule has 3 aromatic rings. The molecule has 25 heavy (non-hydrogen) atoms. The summed E-state index contributed by atoms with van der Waals surface area (Å²) < 4.78 is 17.5. The average Bonchev–Trinajstić information content (AvgIpc) is 2.58. The molecule has 0 radical (unpaired) electrons. The third-order valence-corrected chi connectivity index (χ3v) is 5.96. The maximum Gasteiger partial charge on any atom is 0.332 e. The van der Waals surface area contributed by atoms with Crippen LogP contribution >= 0.6 is 7.60 Å². The smallest absolute Gasteiger partial charge is 0.324 e. The highest BCUT2D eigenvalue weighted by molar-refractivity contribution is 7.52. The topological polar surface area (TPSA) is 46.5 Å². The summed E-state index contributed by atoms with van der Waals surface area (Å²) in [5, 5.41) is 4.69. The third-order valence-electron chi connectivity index (χ3n) is 4.56. The zero-order valence-corrected chi connectivity index (χ0v) is 15.8. The summed E-state index contributed by atoms with van der Waals surface area (Å²) in [5.41, 5.74) is 2.18. The van der Waals surface area contributed by atoms with Gasteiger partial charge in [-0.15, -0.1) is 0 Å². The van der Waals surface area contributed by atoms with Crippen LogP contribution in [-0.2, 0) is 21.7 Å². The van der Waals surface area contributed by atoms with Gasteiger partial charge in [0.1, 0.15) is 0 Å². The van der Waals surface area contributed by atoms with E-state index >= 15 is 0 Å².